The Bertz CT molecular complexity index is 637. The highest BCUT2D eigenvalue weighted by Gasteiger charge is 2.19. The molecule has 0 saturated heterocycles. The number of fused-ring (bicyclic) bond motifs is 1. The van der Waals surface area contributed by atoms with Gasteiger partial charge in [0.2, 0.25) is 0 Å². The number of benzene rings is 1. The lowest BCUT2D eigenvalue weighted by Crippen LogP contribution is -2.32. The van der Waals surface area contributed by atoms with Crippen LogP contribution in [0.15, 0.2) is 30.5 Å². The van der Waals surface area contributed by atoms with Crippen LogP contribution in [-0.2, 0) is 0 Å². The van der Waals surface area contributed by atoms with Crippen LogP contribution in [0.2, 0.25) is 0 Å². The molecule has 1 heterocycles. The van der Waals surface area contributed by atoms with Crippen LogP contribution in [0.1, 0.15) is 29.6 Å². The van der Waals surface area contributed by atoms with Gasteiger partial charge in [-0.05, 0) is 24.1 Å². The Morgan fingerprint density at radius 1 is 1.30 bits per heavy atom. The summed E-state index contributed by atoms with van der Waals surface area (Å²) in [6.45, 7) is 0.754. The molecule has 4 N–H and O–H groups in total. The first kappa shape index (κ1) is 12.9. The van der Waals surface area contributed by atoms with E-state index in [1.165, 1.54) is 19.3 Å². The van der Waals surface area contributed by atoms with Crippen LogP contribution in [-0.4, -0.2) is 17.4 Å². The fraction of sp³-hybridized carbons (Fsp3) is 0.333. The molecular formula is C15H18N4O. The van der Waals surface area contributed by atoms with Crippen LogP contribution >= 0.6 is 0 Å². The van der Waals surface area contributed by atoms with Gasteiger partial charge in [-0.3, -0.25) is 4.79 Å². The van der Waals surface area contributed by atoms with Crippen LogP contribution in [0.4, 0.5) is 5.82 Å². The largest absolute Gasteiger partial charge is 0.352 e. The summed E-state index contributed by atoms with van der Waals surface area (Å²) in [7, 11) is 0. The van der Waals surface area contributed by atoms with Gasteiger partial charge in [0.25, 0.3) is 5.91 Å². The Morgan fingerprint density at radius 3 is 2.70 bits per heavy atom. The minimum absolute atomic E-state index is 0.0656. The summed E-state index contributed by atoms with van der Waals surface area (Å²) in [5, 5.41) is 4.72. The first-order chi connectivity index (χ1) is 9.79. The molecule has 1 fully saturated rings. The van der Waals surface area contributed by atoms with Gasteiger partial charge >= 0.3 is 0 Å². The summed E-state index contributed by atoms with van der Waals surface area (Å²) in [6.07, 6.45) is 5.29. The van der Waals surface area contributed by atoms with E-state index in [1.807, 2.05) is 24.3 Å². The highest BCUT2D eigenvalue weighted by molar-refractivity contribution is 6.09. The van der Waals surface area contributed by atoms with E-state index >= 15 is 0 Å². The molecule has 20 heavy (non-hydrogen) atoms. The quantitative estimate of drug-likeness (QED) is 0.587. The monoisotopic (exact) mass is 270 g/mol. The number of carbonyl (C=O) groups is 1. The first-order valence-electron chi connectivity index (χ1n) is 6.92. The number of carbonyl (C=O) groups excluding carboxylic acids is 1. The molecule has 1 aliphatic carbocycles. The molecule has 3 rings (SSSR count). The predicted octanol–water partition coefficient (Wildman–Crippen LogP) is 2.05. The molecule has 0 unspecified atom stereocenters. The third kappa shape index (κ3) is 2.32. The Hall–Kier alpha value is -2.14. The second-order valence-electron chi connectivity index (χ2n) is 5.22. The lowest BCUT2D eigenvalue weighted by Gasteiger charge is -2.25. The molecule has 0 atom stereocenters. The molecule has 0 radical (unpaired) electrons. The number of hydrogen-bond donors (Lipinski definition) is 3. The average molecular weight is 270 g/mol. The van der Waals surface area contributed by atoms with Gasteiger partial charge < -0.3 is 10.7 Å². The van der Waals surface area contributed by atoms with Gasteiger partial charge in [-0.25, -0.2) is 10.8 Å². The highest BCUT2D eigenvalue weighted by atomic mass is 16.1. The molecule has 0 aliphatic heterocycles. The van der Waals surface area contributed by atoms with Gasteiger partial charge in [-0.1, -0.05) is 30.7 Å². The van der Waals surface area contributed by atoms with Crippen molar-refractivity contribution < 1.29 is 4.79 Å². The number of hydrazine groups is 1. The molecule has 2 aromatic rings. The first-order valence-corrected chi connectivity index (χ1v) is 6.92. The van der Waals surface area contributed by atoms with Gasteiger partial charge in [0.1, 0.15) is 5.82 Å². The zero-order valence-electron chi connectivity index (χ0n) is 11.2. The van der Waals surface area contributed by atoms with Crippen molar-refractivity contribution in [2.24, 2.45) is 11.8 Å². The molecule has 0 bridgehead atoms. The summed E-state index contributed by atoms with van der Waals surface area (Å²) < 4.78 is 0. The Balaban J connectivity index is 1.88. The number of nitrogens with zero attached hydrogens (tertiary/aromatic N) is 1. The summed E-state index contributed by atoms with van der Waals surface area (Å²) in [4.78, 5) is 16.5. The van der Waals surface area contributed by atoms with Gasteiger partial charge in [0.15, 0.2) is 0 Å². The third-order valence-electron chi connectivity index (χ3n) is 3.95. The van der Waals surface area contributed by atoms with E-state index in [0.29, 0.717) is 17.3 Å². The van der Waals surface area contributed by atoms with Gasteiger partial charge in [-0.2, -0.15) is 0 Å². The van der Waals surface area contributed by atoms with Crippen molar-refractivity contribution in [2.75, 3.05) is 12.0 Å². The number of hydrogen-bond acceptors (Lipinski definition) is 4. The van der Waals surface area contributed by atoms with Crippen molar-refractivity contribution in [3.8, 4) is 0 Å². The zero-order valence-corrected chi connectivity index (χ0v) is 11.2. The maximum absolute atomic E-state index is 12.3. The number of nitrogens with two attached hydrogens (primary N) is 1. The molecule has 1 saturated carbocycles. The Morgan fingerprint density at radius 2 is 2.05 bits per heavy atom. The van der Waals surface area contributed by atoms with Crippen LogP contribution in [0.25, 0.3) is 10.8 Å². The summed E-state index contributed by atoms with van der Waals surface area (Å²) in [6, 6.07) is 7.63. The number of nitrogens with one attached hydrogen (secondary N) is 2. The van der Waals surface area contributed by atoms with Crippen LogP contribution < -0.4 is 16.6 Å². The lowest BCUT2D eigenvalue weighted by atomic mass is 9.85. The van der Waals surface area contributed by atoms with E-state index in [4.69, 9.17) is 5.84 Å². The second kappa shape index (κ2) is 5.46. The fourth-order valence-electron chi connectivity index (χ4n) is 2.52. The van der Waals surface area contributed by atoms with Crippen molar-refractivity contribution in [1.29, 1.82) is 0 Å². The zero-order chi connectivity index (χ0) is 13.9. The molecule has 104 valence electrons. The molecule has 1 aromatic heterocycles. The standard InChI is InChI=1S/C15H18N4O/c16-19-14-12-7-2-1-6-11(12)13(9-17-14)15(20)18-8-10-4-3-5-10/h1-2,6-7,9-10H,3-5,8,16H2,(H,17,19)(H,18,20). The van der Waals surface area contributed by atoms with Gasteiger partial charge in [0, 0.05) is 18.1 Å². The number of pyridine rings is 1. The van der Waals surface area contributed by atoms with Crippen molar-refractivity contribution in [3.63, 3.8) is 0 Å². The van der Waals surface area contributed by atoms with E-state index in [1.54, 1.807) is 6.20 Å². The third-order valence-corrected chi connectivity index (χ3v) is 3.95. The number of amides is 1. The Kier molecular flexibility index (Phi) is 3.52. The predicted molar refractivity (Wildman–Crippen MR) is 79.2 cm³/mol. The number of anilines is 1. The fourth-order valence-corrected chi connectivity index (χ4v) is 2.52. The molecule has 5 heteroatoms. The van der Waals surface area contributed by atoms with Crippen LogP contribution in [0.5, 0.6) is 0 Å². The van der Waals surface area contributed by atoms with Gasteiger partial charge in [0.05, 0.1) is 5.56 Å². The summed E-state index contributed by atoms with van der Waals surface area (Å²) in [5.74, 6) is 6.61. The van der Waals surface area contributed by atoms with Gasteiger partial charge in [-0.15, -0.1) is 0 Å². The molecule has 1 aromatic carbocycles. The minimum atomic E-state index is -0.0656. The molecule has 0 spiro atoms. The van der Waals surface area contributed by atoms with Crippen LogP contribution in [0, 0.1) is 5.92 Å². The molecule has 5 nitrogen and oxygen atoms in total. The normalized spacial score (nSPS) is 14.8. The highest BCUT2D eigenvalue weighted by Crippen LogP contribution is 2.26. The average Bonchev–Trinajstić information content (AvgIpc) is 2.44. The number of nitrogen functional groups attached to an aromatic ring is 1. The number of rotatable bonds is 4. The molecular weight excluding hydrogens is 252 g/mol. The topological polar surface area (TPSA) is 80.0 Å². The smallest absolute Gasteiger partial charge is 0.253 e. The molecule has 1 amide bonds. The lowest BCUT2D eigenvalue weighted by molar-refractivity contribution is 0.0940. The van der Waals surface area contributed by atoms with Crippen molar-refractivity contribution in [3.05, 3.63) is 36.0 Å². The maximum atomic E-state index is 12.3. The van der Waals surface area contributed by atoms with E-state index in [2.05, 4.69) is 15.7 Å². The second-order valence-corrected chi connectivity index (χ2v) is 5.22. The van der Waals surface area contributed by atoms with E-state index in [-0.39, 0.29) is 5.91 Å². The SMILES string of the molecule is NNc1ncc(C(=O)NCC2CCC2)c2ccccc12. The van der Waals surface area contributed by atoms with Crippen molar-refractivity contribution in [1.82, 2.24) is 10.3 Å². The minimum Gasteiger partial charge on any atom is -0.352 e. The van der Waals surface area contributed by atoms with Crippen molar-refractivity contribution in [2.45, 2.75) is 19.3 Å². The van der Waals surface area contributed by atoms with E-state index in [9.17, 15) is 4.79 Å². The van der Waals surface area contributed by atoms with E-state index in [0.717, 1.165) is 17.3 Å². The summed E-state index contributed by atoms with van der Waals surface area (Å²) in [5.41, 5.74) is 3.16. The van der Waals surface area contributed by atoms with Crippen molar-refractivity contribution >= 4 is 22.5 Å². The summed E-state index contributed by atoms with van der Waals surface area (Å²) >= 11 is 0. The van der Waals surface area contributed by atoms with E-state index < -0.39 is 0 Å². The molecule has 1 aliphatic rings. The Labute approximate surface area is 117 Å². The number of aromatic nitrogens is 1. The maximum Gasteiger partial charge on any atom is 0.253 e. The van der Waals surface area contributed by atoms with Crippen LogP contribution in [0.3, 0.4) is 0 Å².